The molecule has 3 aromatic rings. The van der Waals surface area contributed by atoms with Crippen LogP contribution in [0.5, 0.6) is 11.5 Å². The number of ether oxygens (including phenoxy) is 3. The van der Waals surface area contributed by atoms with Gasteiger partial charge in [-0.1, -0.05) is 60.7 Å². The van der Waals surface area contributed by atoms with Crippen molar-refractivity contribution in [1.29, 1.82) is 0 Å². The molecule has 0 amide bonds. The zero-order chi connectivity index (χ0) is 21.2. The Kier molecular flexibility index (Phi) is 7.67. The summed E-state index contributed by atoms with van der Waals surface area (Å²) in [4.78, 5) is 11.9. The van der Waals surface area contributed by atoms with E-state index in [0.29, 0.717) is 31.3 Å². The van der Waals surface area contributed by atoms with Crippen LogP contribution in [0, 0.1) is 0 Å². The van der Waals surface area contributed by atoms with Gasteiger partial charge < -0.3 is 14.2 Å². The molecular weight excluding hydrogens is 376 g/mol. The molecule has 154 valence electrons. The summed E-state index contributed by atoms with van der Waals surface area (Å²) in [5.74, 6) is 0.990. The number of carbonyl (C=O) groups excluding carboxylic acids is 1. The first kappa shape index (κ1) is 21.2. The number of rotatable bonds is 9. The van der Waals surface area contributed by atoms with Crippen molar-refractivity contribution in [3.8, 4) is 11.5 Å². The van der Waals surface area contributed by atoms with E-state index in [1.54, 1.807) is 6.92 Å². The lowest BCUT2D eigenvalue weighted by Crippen LogP contribution is -2.01. The summed E-state index contributed by atoms with van der Waals surface area (Å²) in [7, 11) is 0. The van der Waals surface area contributed by atoms with E-state index in [2.05, 4.69) is 0 Å². The monoisotopic (exact) mass is 402 g/mol. The van der Waals surface area contributed by atoms with E-state index in [1.165, 1.54) is 6.08 Å². The molecule has 0 heterocycles. The Hall–Kier alpha value is -3.53. The van der Waals surface area contributed by atoms with Gasteiger partial charge in [-0.25, -0.2) is 4.79 Å². The molecule has 0 aliphatic rings. The second-order valence-electron chi connectivity index (χ2n) is 6.82. The highest BCUT2D eigenvalue weighted by molar-refractivity contribution is 5.91. The quantitative estimate of drug-likeness (QED) is 0.335. The second kappa shape index (κ2) is 10.9. The molecule has 0 fully saturated rings. The van der Waals surface area contributed by atoms with Crippen molar-refractivity contribution in [3.63, 3.8) is 0 Å². The van der Waals surface area contributed by atoms with Crippen LogP contribution in [0.15, 0.2) is 84.9 Å². The summed E-state index contributed by atoms with van der Waals surface area (Å²) in [5, 5.41) is 0. The van der Waals surface area contributed by atoms with Gasteiger partial charge in [0.25, 0.3) is 0 Å². The number of hydrogen-bond acceptors (Lipinski definition) is 4. The van der Waals surface area contributed by atoms with Crippen molar-refractivity contribution in [2.45, 2.75) is 27.1 Å². The normalized spacial score (nSPS) is 11.1. The molecule has 0 radical (unpaired) electrons. The first-order valence-corrected chi connectivity index (χ1v) is 9.98. The van der Waals surface area contributed by atoms with Crippen molar-refractivity contribution in [1.82, 2.24) is 0 Å². The van der Waals surface area contributed by atoms with Gasteiger partial charge in [0, 0.05) is 12.1 Å². The van der Waals surface area contributed by atoms with Crippen molar-refractivity contribution >= 4 is 11.5 Å². The minimum absolute atomic E-state index is 0.342. The molecule has 0 aliphatic heterocycles. The van der Waals surface area contributed by atoms with Gasteiger partial charge in [-0.3, -0.25) is 0 Å². The lowest BCUT2D eigenvalue weighted by Gasteiger charge is -2.13. The van der Waals surface area contributed by atoms with Crippen LogP contribution in [0.3, 0.4) is 0 Å². The number of allylic oxidation sites excluding steroid dienone is 1. The Labute approximate surface area is 177 Å². The zero-order valence-electron chi connectivity index (χ0n) is 17.3. The van der Waals surface area contributed by atoms with Gasteiger partial charge >= 0.3 is 5.97 Å². The average molecular weight is 402 g/mol. The van der Waals surface area contributed by atoms with Crippen molar-refractivity contribution in [2.24, 2.45) is 0 Å². The van der Waals surface area contributed by atoms with E-state index in [9.17, 15) is 4.79 Å². The summed E-state index contributed by atoms with van der Waals surface area (Å²) < 4.78 is 17.0. The zero-order valence-corrected chi connectivity index (χ0v) is 17.3. The molecule has 0 atom stereocenters. The third-order valence-corrected chi connectivity index (χ3v) is 4.45. The minimum Gasteiger partial charge on any atom is -0.489 e. The Morgan fingerprint density at radius 2 is 1.30 bits per heavy atom. The topological polar surface area (TPSA) is 44.8 Å². The predicted molar refractivity (Wildman–Crippen MR) is 118 cm³/mol. The smallest absolute Gasteiger partial charge is 0.331 e. The summed E-state index contributed by atoms with van der Waals surface area (Å²) >= 11 is 0. The standard InChI is InChI=1S/C26H26O4/c1-3-28-26(27)14-20(2)23-15-24(29-18-21-10-6-4-7-11-21)17-25(16-23)30-19-22-12-8-5-9-13-22/h4-17H,3,18-19H2,1-2H3/b20-14-. The molecule has 4 nitrogen and oxygen atoms in total. The molecule has 3 aromatic carbocycles. The Balaban J connectivity index is 1.81. The van der Waals surface area contributed by atoms with Crippen molar-refractivity contribution < 1.29 is 19.0 Å². The summed E-state index contributed by atoms with van der Waals surface area (Å²) in [6.07, 6.45) is 1.49. The highest BCUT2D eigenvalue weighted by Gasteiger charge is 2.08. The maximum Gasteiger partial charge on any atom is 0.331 e. The summed E-state index contributed by atoms with van der Waals surface area (Å²) in [5.41, 5.74) is 3.78. The molecule has 0 saturated heterocycles. The SMILES string of the molecule is CCOC(=O)/C=C(/C)c1cc(OCc2ccccc2)cc(OCc2ccccc2)c1. The lowest BCUT2D eigenvalue weighted by molar-refractivity contribution is -0.137. The average Bonchev–Trinajstić information content (AvgIpc) is 2.78. The minimum atomic E-state index is -0.364. The fraction of sp³-hybridized carbons (Fsp3) is 0.192. The number of benzene rings is 3. The van der Waals surface area contributed by atoms with Crippen LogP contribution in [-0.4, -0.2) is 12.6 Å². The number of esters is 1. The number of hydrogen-bond donors (Lipinski definition) is 0. The van der Waals surface area contributed by atoms with Gasteiger partial charge in [0.2, 0.25) is 0 Å². The molecule has 0 spiro atoms. The molecule has 4 heteroatoms. The van der Waals surface area contributed by atoms with Crippen LogP contribution in [0.25, 0.3) is 5.57 Å². The van der Waals surface area contributed by atoms with E-state index in [-0.39, 0.29) is 5.97 Å². The fourth-order valence-electron chi connectivity index (χ4n) is 2.89. The van der Waals surface area contributed by atoms with Crippen LogP contribution in [0.2, 0.25) is 0 Å². The van der Waals surface area contributed by atoms with Crippen molar-refractivity contribution in [3.05, 3.63) is 102 Å². The molecular formula is C26H26O4. The van der Waals surface area contributed by atoms with Crippen LogP contribution < -0.4 is 9.47 Å². The van der Waals surface area contributed by atoms with E-state index < -0.39 is 0 Å². The molecule has 0 aromatic heterocycles. The highest BCUT2D eigenvalue weighted by atomic mass is 16.5. The van der Waals surface area contributed by atoms with Crippen LogP contribution in [0.4, 0.5) is 0 Å². The molecule has 0 unspecified atom stereocenters. The largest absolute Gasteiger partial charge is 0.489 e. The van der Waals surface area contributed by atoms with E-state index >= 15 is 0 Å². The first-order chi connectivity index (χ1) is 14.6. The summed E-state index contributed by atoms with van der Waals surface area (Å²) in [6.45, 7) is 4.89. The second-order valence-corrected chi connectivity index (χ2v) is 6.82. The van der Waals surface area contributed by atoms with Crippen LogP contribution in [0.1, 0.15) is 30.5 Å². The number of carbonyl (C=O) groups is 1. The highest BCUT2D eigenvalue weighted by Crippen LogP contribution is 2.28. The van der Waals surface area contributed by atoms with E-state index in [4.69, 9.17) is 14.2 Å². The van der Waals surface area contributed by atoms with E-state index in [0.717, 1.165) is 22.3 Å². The fourth-order valence-corrected chi connectivity index (χ4v) is 2.89. The maximum atomic E-state index is 11.9. The lowest BCUT2D eigenvalue weighted by atomic mass is 10.1. The third kappa shape index (κ3) is 6.52. The van der Waals surface area contributed by atoms with Gasteiger partial charge in [-0.05, 0) is 48.2 Å². The Morgan fingerprint density at radius 1 is 0.800 bits per heavy atom. The molecule has 0 N–H and O–H groups in total. The molecule has 0 bridgehead atoms. The van der Waals surface area contributed by atoms with Gasteiger partial charge in [0.05, 0.1) is 6.61 Å². The first-order valence-electron chi connectivity index (χ1n) is 9.98. The van der Waals surface area contributed by atoms with Gasteiger partial charge in [-0.15, -0.1) is 0 Å². The van der Waals surface area contributed by atoms with Gasteiger partial charge in [0.15, 0.2) is 0 Å². The molecule has 3 rings (SSSR count). The Morgan fingerprint density at radius 3 is 1.77 bits per heavy atom. The third-order valence-electron chi connectivity index (χ3n) is 4.45. The van der Waals surface area contributed by atoms with Crippen LogP contribution in [-0.2, 0) is 22.7 Å². The molecule has 0 aliphatic carbocycles. The maximum absolute atomic E-state index is 11.9. The van der Waals surface area contributed by atoms with Gasteiger partial charge in [0.1, 0.15) is 24.7 Å². The van der Waals surface area contributed by atoms with Crippen LogP contribution >= 0.6 is 0 Å². The van der Waals surface area contributed by atoms with E-state index in [1.807, 2.05) is 85.8 Å². The molecule has 0 saturated carbocycles. The van der Waals surface area contributed by atoms with Crippen molar-refractivity contribution in [2.75, 3.05) is 6.61 Å². The Bertz CT molecular complexity index is 917. The predicted octanol–water partition coefficient (Wildman–Crippen LogP) is 5.81. The van der Waals surface area contributed by atoms with Gasteiger partial charge in [-0.2, -0.15) is 0 Å². The summed E-state index contributed by atoms with van der Waals surface area (Å²) in [6, 6.07) is 25.6. The molecule has 30 heavy (non-hydrogen) atoms.